The standard InChI is InChI=1S/C4H9N3O2/c1-2-6-3-4(5)7(8)9/h3,6H,2,5H2,1H3. The SMILES string of the molecule is CCNC=C(N)[N+](=O)[O-]. The van der Waals surface area contributed by atoms with Crippen molar-refractivity contribution in [3.63, 3.8) is 0 Å². The van der Waals surface area contributed by atoms with Gasteiger partial charge in [-0.25, -0.2) is 0 Å². The number of nitrogens with one attached hydrogen (secondary N) is 1. The number of rotatable bonds is 3. The molecular formula is C4H9N3O2. The fourth-order valence-electron chi connectivity index (χ4n) is 0.259. The third-order valence-electron chi connectivity index (χ3n) is 0.665. The Labute approximate surface area is 52.7 Å². The monoisotopic (exact) mass is 131 g/mol. The molecule has 0 aromatic carbocycles. The summed E-state index contributed by atoms with van der Waals surface area (Å²) in [6.45, 7) is 2.46. The van der Waals surface area contributed by atoms with E-state index < -0.39 is 4.92 Å². The molecule has 3 N–H and O–H groups in total. The zero-order valence-corrected chi connectivity index (χ0v) is 5.13. The van der Waals surface area contributed by atoms with E-state index in [9.17, 15) is 10.1 Å². The van der Waals surface area contributed by atoms with Gasteiger partial charge in [0, 0.05) is 6.54 Å². The maximum absolute atomic E-state index is 9.78. The first-order valence-electron chi connectivity index (χ1n) is 2.52. The van der Waals surface area contributed by atoms with Crippen LogP contribution in [0, 0.1) is 10.1 Å². The van der Waals surface area contributed by atoms with Crippen LogP contribution in [0.25, 0.3) is 0 Å². The Morgan fingerprint density at radius 2 is 2.56 bits per heavy atom. The van der Waals surface area contributed by atoms with Gasteiger partial charge in [-0.3, -0.25) is 5.73 Å². The van der Waals surface area contributed by atoms with Gasteiger partial charge in [0.05, 0.1) is 6.20 Å². The third-order valence-corrected chi connectivity index (χ3v) is 0.665. The number of hydrogen-bond acceptors (Lipinski definition) is 4. The molecule has 0 fully saturated rings. The molecule has 0 bridgehead atoms. The van der Waals surface area contributed by atoms with E-state index in [0.29, 0.717) is 6.54 Å². The van der Waals surface area contributed by atoms with E-state index in [1.165, 1.54) is 6.20 Å². The highest BCUT2D eigenvalue weighted by molar-refractivity contribution is 4.81. The average Bonchev–Trinajstić information content (AvgIpc) is 1.82. The minimum absolute atomic E-state index is 0.364. The van der Waals surface area contributed by atoms with E-state index >= 15 is 0 Å². The van der Waals surface area contributed by atoms with Crippen LogP contribution in [0.5, 0.6) is 0 Å². The molecule has 9 heavy (non-hydrogen) atoms. The molecule has 0 rings (SSSR count). The number of nitrogens with two attached hydrogens (primary N) is 1. The molecule has 0 aromatic heterocycles. The molecule has 0 aliphatic rings. The minimum Gasteiger partial charge on any atom is -0.384 e. The summed E-state index contributed by atoms with van der Waals surface area (Å²) in [4.78, 5) is 9.13. The average molecular weight is 131 g/mol. The number of nitrogens with zero attached hydrogens (tertiary/aromatic N) is 1. The van der Waals surface area contributed by atoms with E-state index in [1.54, 1.807) is 0 Å². The lowest BCUT2D eigenvalue weighted by Crippen LogP contribution is -2.14. The molecule has 0 radical (unpaired) electrons. The molecule has 0 aliphatic heterocycles. The van der Waals surface area contributed by atoms with Crippen molar-refractivity contribution in [2.24, 2.45) is 5.73 Å². The third kappa shape index (κ3) is 3.33. The summed E-state index contributed by atoms with van der Waals surface area (Å²) in [5, 5.41) is 12.4. The van der Waals surface area contributed by atoms with Crippen LogP contribution < -0.4 is 11.1 Å². The van der Waals surface area contributed by atoms with Crippen molar-refractivity contribution < 1.29 is 4.92 Å². The molecule has 52 valence electrons. The predicted molar refractivity (Wildman–Crippen MR) is 32.9 cm³/mol. The van der Waals surface area contributed by atoms with E-state index in [1.807, 2.05) is 6.92 Å². The van der Waals surface area contributed by atoms with Gasteiger partial charge in [-0.15, -0.1) is 0 Å². The Bertz CT molecular complexity index is 132. The van der Waals surface area contributed by atoms with Crippen LogP contribution in [0.2, 0.25) is 0 Å². The van der Waals surface area contributed by atoms with E-state index in [-0.39, 0.29) is 5.82 Å². The summed E-state index contributed by atoms with van der Waals surface area (Å²) < 4.78 is 0. The van der Waals surface area contributed by atoms with Gasteiger partial charge in [0.1, 0.15) is 0 Å². The summed E-state index contributed by atoms with van der Waals surface area (Å²) in [6.07, 6.45) is 1.17. The summed E-state index contributed by atoms with van der Waals surface area (Å²) in [6, 6.07) is 0. The van der Waals surface area contributed by atoms with E-state index in [4.69, 9.17) is 5.73 Å². The quantitative estimate of drug-likeness (QED) is 0.404. The van der Waals surface area contributed by atoms with Crippen LogP contribution in [0.1, 0.15) is 6.92 Å². The Kier molecular flexibility index (Phi) is 3.19. The zero-order chi connectivity index (χ0) is 7.28. The number of hydrogen-bond donors (Lipinski definition) is 2. The first kappa shape index (κ1) is 7.74. The fourth-order valence-corrected chi connectivity index (χ4v) is 0.259. The highest BCUT2D eigenvalue weighted by Crippen LogP contribution is 1.78. The lowest BCUT2D eigenvalue weighted by Gasteiger charge is -1.93. The Morgan fingerprint density at radius 1 is 2.00 bits per heavy atom. The molecule has 0 atom stereocenters. The van der Waals surface area contributed by atoms with Gasteiger partial charge in [0.25, 0.3) is 0 Å². The molecule has 0 aromatic rings. The Balaban J connectivity index is 3.69. The molecule has 0 spiro atoms. The van der Waals surface area contributed by atoms with Gasteiger partial charge < -0.3 is 15.4 Å². The predicted octanol–water partition coefficient (Wildman–Crippen LogP) is -0.370. The molecule has 0 amide bonds. The minimum atomic E-state index is -0.650. The summed E-state index contributed by atoms with van der Waals surface area (Å²) in [7, 11) is 0. The van der Waals surface area contributed by atoms with Gasteiger partial charge in [-0.2, -0.15) is 0 Å². The van der Waals surface area contributed by atoms with E-state index in [0.717, 1.165) is 0 Å². The van der Waals surface area contributed by atoms with Gasteiger partial charge in [-0.1, -0.05) is 0 Å². The second kappa shape index (κ2) is 3.71. The summed E-state index contributed by atoms with van der Waals surface area (Å²) >= 11 is 0. The lowest BCUT2D eigenvalue weighted by molar-refractivity contribution is -0.426. The number of nitro groups is 1. The van der Waals surface area contributed by atoms with Gasteiger partial charge in [0.2, 0.25) is 0 Å². The highest BCUT2D eigenvalue weighted by Gasteiger charge is 1.95. The second-order valence-corrected chi connectivity index (χ2v) is 1.38. The summed E-state index contributed by atoms with van der Waals surface area (Å²) in [5.41, 5.74) is 4.90. The van der Waals surface area contributed by atoms with Crippen LogP contribution in [0.3, 0.4) is 0 Å². The van der Waals surface area contributed by atoms with Gasteiger partial charge >= 0.3 is 5.82 Å². The van der Waals surface area contributed by atoms with Gasteiger partial charge in [0.15, 0.2) is 0 Å². The molecule has 0 heterocycles. The van der Waals surface area contributed by atoms with Crippen molar-refractivity contribution >= 4 is 0 Å². The second-order valence-electron chi connectivity index (χ2n) is 1.38. The van der Waals surface area contributed by atoms with Crippen molar-refractivity contribution in [2.75, 3.05) is 6.54 Å². The topological polar surface area (TPSA) is 81.2 Å². The molecule has 0 aliphatic carbocycles. The molecule has 5 heteroatoms. The maximum Gasteiger partial charge on any atom is 0.329 e. The fraction of sp³-hybridized carbons (Fsp3) is 0.500. The van der Waals surface area contributed by atoms with Crippen molar-refractivity contribution in [3.8, 4) is 0 Å². The molecular weight excluding hydrogens is 122 g/mol. The molecule has 0 saturated heterocycles. The smallest absolute Gasteiger partial charge is 0.329 e. The normalized spacial score (nSPS) is 11.0. The first-order valence-corrected chi connectivity index (χ1v) is 2.52. The molecule has 0 saturated carbocycles. The van der Waals surface area contributed by atoms with Gasteiger partial charge in [-0.05, 0) is 11.8 Å². The summed E-state index contributed by atoms with van der Waals surface area (Å²) in [5.74, 6) is -0.364. The van der Waals surface area contributed by atoms with E-state index in [2.05, 4.69) is 5.32 Å². The van der Waals surface area contributed by atoms with Crippen molar-refractivity contribution in [1.29, 1.82) is 0 Å². The van der Waals surface area contributed by atoms with Crippen molar-refractivity contribution in [2.45, 2.75) is 6.92 Å². The molecule has 5 nitrogen and oxygen atoms in total. The zero-order valence-electron chi connectivity index (χ0n) is 5.13. The first-order chi connectivity index (χ1) is 4.18. The lowest BCUT2D eigenvalue weighted by atomic mass is 10.7. The van der Waals surface area contributed by atoms with Crippen molar-refractivity contribution in [3.05, 3.63) is 22.1 Å². The van der Waals surface area contributed by atoms with Crippen molar-refractivity contribution in [1.82, 2.24) is 5.32 Å². The van der Waals surface area contributed by atoms with Crippen LogP contribution in [0.4, 0.5) is 0 Å². The largest absolute Gasteiger partial charge is 0.384 e. The Morgan fingerprint density at radius 3 is 2.89 bits per heavy atom. The van der Waals surface area contributed by atoms with Crippen LogP contribution in [-0.4, -0.2) is 11.5 Å². The van der Waals surface area contributed by atoms with Crippen LogP contribution in [-0.2, 0) is 0 Å². The maximum atomic E-state index is 9.78. The molecule has 0 unspecified atom stereocenters. The highest BCUT2D eigenvalue weighted by atomic mass is 16.6. The van der Waals surface area contributed by atoms with Crippen LogP contribution in [0.15, 0.2) is 12.0 Å². The van der Waals surface area contributed by atoms with Crippen LogP contribution >= 0.6 is 0 Å². The Hall–Kier alpha value is -1.26.